The van der Waals surface area contributed by atoms with Gasteiger partial charge in [-0.25, -0.2) is 9.97 Å². The van der Waals surface area contributed by atoms with Crippen LogP contribution in [0.3, 0.4) is 0 Å². The van der Waals surface area contributed by atoms with Crippen LogP contribution < -0.4 is 10.6 Å². The van der Waals surface area contributed by atoms with E-state index in [0.717, 1.165) is 57.0 Å². The first-order valence-electron chi connectivity index (χ1n) is 7.23. The van der Waals surface area contributed by atoms with Crippen molar-refractivity contribution in [3.05, 3.63) is 11.9 Å². The molecule has 106 valence electrons. The van der Waals surface area contributed by atoms with Crippen LogP contribution in [0.4, 0.5) is 11.6 Å². The highest BCUT2D eigenvalue weighted by Crippen LogP contribution is 2.21. The van der Waals surface area contributed by atoms with E-state index < -0.39 is 0 Å². The zero-order valence-electron chi connectivity index (χ0n) is 11.9. The van der Waals surface area contributed by atoms with Gasteiger partial charge in [0, 0.05) is 32.2 Å². The Hall–Kier alpha value is -1.36. The number of piperidine rings is 1. The van der Waals surface area contributed by atoms with Gasteiger partial charge in [0.1, 0.15) is 17.5 Å². The molecule has 0 bridgehead atoms. The Morgan fingerprint density at radius 1 is 1.42 bits per heavy atom. The summed E-state index contributed by atoms with van der Waals surface area (Å²) in [4.78, 5) is 11.2. The fourth-order valence-electron chi connectivity index (χ4n) is 2.52. The van der Waals surface area contributed by atoms with E-state index in [1.165, 1.54) is 0 Å². The molecule has 1 atom stereocenters. The van der Waals surface area contributed by atoms with Crippen LogP contribution >= 0.6 is 0 Å². The molecule has 0 radical (unpaired) electrons. The van der Waals surface area contributed by atoms with Gasteiger partial charge in [-0.15, -0.1) is 0 Å². The van der Waals surface area contributed by atoms with Gasteiger partial charge >= 0.3 is 0 Å². The summed E-state index contributed by atoms with van der Waals surface area (Å²) in [6, 6.07) is 1.87. The number of nitrogen functional groups attached to an aromatic ring is 1. The Morgan fingerprint density at radius 3 is 3.00 bits per heavy atom. The topological polar surface area (TPSA) is 64.3 Å². The number of hydrogen-bond acceptors (Lipinski definition) is 5. The lowest BCUT2D eigenvalue weighted by Gasteiger charge is -2.33. The van der Waals surface area contributed by atoms with Crippen molar-refractivity contribution in [3.63, 3.8) is 0 Å². The van der Waals surface area contributed by atoms with Crippen molar-refractivity contribution in [2.24, 2.45) is 0 Å². The average Bonchev–Trinajstić information content (AvgIpc) is 2.39. The van der Waals surface area contributed by atoms with Crippen molar-refractivity contribution < 1.29 is 4.74 Å². The van der Waals surface area contributed by atoms with Crippen LogP contribution in [0.15, 0.2) is 6.07 Å². The van der Waals surface area contributed by atoms with E-state index in [1.807, 2.05) is 13.0 Å². The van der Waals surface area contributed by atoms with Gasteiger partial charge in [-0.1, -0.05) is 6.92 Å². The van der Waals surface area contributed by atoms with Gasteiger partial charge in [0.25, 0.3) is 0 Å². The van der Waals surface area contributed by atoms with Gasteiger partial charge in [0.2, 0.25) is 0 Å². The molecule has 0 saturated carbocycles. The van der Waals surface area contributed by atoms with Gasteiger partial charge in [-0.3, -0.25) is 0 Å². The first kappa shape index (κ1) is 14.1. The molecule has 1 aromatic heterocycles. The lowest BCUT2D eigenvalue weighted by molar-refractivity contribution is 0.0525. The molecular formula is C14H24N4O. The number of rotatable bonds is 5. The summed E-state index contributed by atoms with van der Waals surface area (Å²) in [5.74, 6) is 2.35. The van der Waals surface area contributed by atoms with Crippen molar-refractivity contribution in [1.29, 1.82) is 0 Å². The first-order valence-corrected chi connectivity index (χ1v) is 7.23. The number of hydrogen-bond donors (Lipinski definition) is 1. The van der Waals surface area contributed by atoms with Crippen LogP contribution in [0.25, 0.3) is 0 Å². The van der Waals surface area contributed by atoms with E-state index >= 15 is 0 Å². The van der Waals surface area contributed by atoms with Crippen molar-refractivity contribution in [3.8, 4) is 0 Å². The minimum atomic E-state index is 0.310. The Balaban J connectivity index is 2.11. The Morgan fingerprint density at radius 2 is 2.26 bits per heavy atom. The highest BCUT2D eigenvalue weighted by Gasteiger charge is 2.21. The van der Waals surface area contributed by atoms with Gasteiger partial charge in [-0.05, 0) is 26.2 Å². The molecule has 2 N–H and O–H groups in total. The monoisotopic (exact) mass is 264 g/mol. The van der Waals surface area contributed by atoms with Crippen molar-refractivity contribution in [1.82, 2.24) is 9.97 Å². The standard InChI is InChI=1S/C14H24N4O/c1-3-6-13-16-12(15)9-14(17-13)18-8-5-7-11(10-18)19-4-2/h9,11H,3-8,10H2,1-2H3,(H2,15,16,17). The Kier molecular flexibility index (Phi) is 4.96. The van der Waals surface area contributed by atoms with Gasteiger partial charge < -0.3 is 15.4 Å². The fraction of sp³-hybridized carbons (Fsp3) is 0.714. The Bertz CT molecular complexity index is 408. The third-order valence-electron chi connectivity index (χ3n) is 3.36. The minimum absolute atomic E-state index is 0.310. The second-order valence-corrected chi connectivity index (χ2v) is 4.98. The van der Waals surface area contributed by atoms with E-state index in [2.05, 4.69) is 21.8 Å². The van der Waals surface area contributed by atoms with E-state index in [4.69, 9.17) is 10.5 Å². The summed E-state index contributed by atoms with van der Waals surface area (Å²) in [6.45, 7) is 6.85. The zero-order valence-corrected chi connectivity index (χ0v) is 11.9. The lowest BCUT2D eigenvalue weighted by Crippen LogP contribution is -2.40. The zero-order chi connectivity index (χ0) is 13.7. The molecule has 5 nitrogen and oxygen atoms in total. The number of anilines is 2. The van der Waals surface area contributed by atoms with E-state index in [1.54, 1.807) is 0 Å². The van der Waals surface area contributed by atoms with Crippen molar-refractivity contribution in [2.75, 3.05) is 30.3 Å². The molecule has 0 aliphatic carbocycles. The molecule has 1 aliphatic rings. The van der Waals surface area contributed by atoms with Crippen LogP contribution in [-0.4, -0.2) is 35.8 Å². The maximum atomic E-state index is 5.88. The van der Waals surface area contributed by atoms with Crippen LogP contribution in [0.5, 0.6) is 0 Å². The maximum Gasteiger partial charge on any atom is 0.134 e. The molecule has 0 amide bonds. The van der Waals surface area contributed by atoms with Gasteiger partial charge in [0.05, 0.1) is 6.10 Å². The molecule has 5 heteroatoms. The normalized spacial score (nSPS) is 19.7. The summed E-state index contributed by atoms with van der Waals surface area (Å²) < 4.78 is 5.73. The minimum Gasteiger partial charge on any atom is -0.384 e. The first-order chi connectivity index (χ1) is 9.22. The quantitative estimate of drug-likeness (QED) is 0.881. The van der Waals surface area contributed by atoms with E-state index in [-0.39, 0.29) is 0 Å². The Labute approximate surface area is 115 Å². The molecule has 1 fully saturated rings. The number of aryl methyl sites for hydroxylation is 1. The molecular weight excluding hydrogens is 240 g/mol. The molecule has 2 heterocycles. The lowest BCUT2D eigenvalue weighted by atomic mass is 10.1. The number of aromatic nitrogens is 2. The highest BCUT2D eigenvalue weighted by atomic mass is 16.5. The van der Waals surface area contributed by atoms with Crippen molar-refractivity contribution >= 4 is 11.6 Å². The summed E-state index contributed by atoms with van der Waals surface area (Å²) in [7, 11) is 0. The van der Waals surface area contributed by atoms with Crippen LogP contribution in [0.1, 0.15) is 38.9 Å². The molecule has 1 saturated heterocycles. The van der Waals surface area contributed by atoms with Crippen LogP contribution in [0.2, 0.25) is 0 Å². The molecule has 0 spiro atoms. The van der Waals surface area contributed by atoms with Crippen LogP contribution in [0, 0.1) is 0 Å². The van der Waals surface area contributed by atoms with E-state index in [0.29, 0.717) is 11.9 Å². The maximum absolute atomic E-state index is 5.88. The smallest absolute Gasteiger partial charge is 0.134 e. The summed E-state index contributed by atoms with van der Waals surface area (Å²) in [5, 5.41) is 0. The van der Waals surface area contributed by atoms with Crippen molar-refractivity contribution in [2.45, 2.75) is 45.6 Å². The molecule has 0 aromatic carbocycles. The summed E-state index contributed by atoms with van der Waals surface area (Å²) in [5.41, 5.74) is 5.88. The third-order valence-corrected chi connectivity index (χ3v) is 3.36. The highest BCUT2D eigenvalue weighted by molar-refractivity contribution is 5.47. The number of nitrogens with two attached hydrogens (primary N) is 1. The van der Waals surface area contributed by atoms with Gasteiger partial charge in [0.15, 0.2) is 0 Å². The second kappa shape index (κ2) is 6.70. The fourth-order valence-corrected chi connectivity index (χ4v) is 2.52. The van der Waals surface area contributed by atoms with Gasteiger partial charge in [-0.2, -0.15) is 0 Å². The van der Waals surface area contributed by atoms with Crippen LogP contribution in [-0.2, 0) is 11.2 Å². The molecule has 1 aromatic rings. The third kappa shape index (κ3) is 3.80. The predicted octanol–water partition coefficient (Wildman–Crippen LogP) is 2.02. The number of nitrogens with zero attached hydrogens (tertiary/aromatic N) is 3. The largest absolute Gasteiger partial charge is 0.384 e. The summed E-state index contributed by atoms with van der Waals surface area (Å²) in [6.07, 6.45) is 4.49. The predicted molar refractivity (Wildman–Crippen MR) is 77.3 cm³/mol. The molecule has 1 aliphatic heterocycles. The number of ether oxygens (including phenoxy) is 1. The molecule has 19 heavy (non-hydrogen) atoms. The average molecular weight is 264 g/mol. The molecule has 2 rings (SSSR count). The molecule has 1 unspecified atom stereocenters. The SMILES string of the molecule is CCCc1nc(N)cc(N2CCCC(OCC)C2)n1. The van der Waals surface area contributed by atoms with E-state index in [9.17, 15) is 0 Å². The summed E-state index contributed by atoms with van der Waals surface area (Å²) >= 11 is 0. The second-order valence-electron chi connectivity index (χ2n) is 4.98.